The highest BCUT2D eigenvalue weighted by Gasteiger charge is 2.42. The van der Waals surface area contributed by atoms with Crippen molar-refractivity contribution < 1.29 is 14.3 Å². The third kappa shape index (κ3) is 7.66. The Morgan fingerprint density at radius 1 is 0.754 bits per heavy atom. The lowest BCUT2D eigenvalue weighted by molar-refractivity contribution is -0.112. The van der Waals surface area contributed by atoms with Gasteiger partial charge in [-0.3, -0.25) is 4.79 Å². The molecule has 7 rings (SSSR count). The van der Waals surface area contributed by atoms with Crippen LogP contribution >= 0.6 is 0 Å². The topological polar surface area (TPSA) is 117 Å². The van der Waals surface area contributed by atoms with Gasteiger partial charge in [-0.25, -0.2) is 14.5 Å². The molecule has 0 spiro atoms. The van der Waals surface area contributed by atoms with E-state index >= 15 is 0 Å². The first-order valence-electron chi connectivity index (χ1n) is 19.2. The molecule has 0 saturated heterocycles. The fraction of sp³-hybridized carbons (Fsp3) is 0.191. The van der Waals surface area contributed by atoms with Crippen LogP contribution in [0.15, 0.2) is 152 Å². The Labute approximate surface area is 332 Å². The summed E-state index contributed by atoms with van der Waals surface area (Å²) in [6.07, 6.45) is 2.43. The number of benzene rings is 5. The highest BCUT2D eigenvalue weighted by molar-refractivity contribution is 6.05. The van der Waals surface area contributed by atoms with Crippen molar-refractivity contribution >= 4 is 17.7 Å². The Morgan fingerprint density at radius 3 is 1.86 bits per heavy atom. The van der Waals surface area contributed by atoms with E-state index in [1.807, 2.05) is 88.1 Å². The molecule has 5 aromatic carbocycles. The fourth-order valence-electron chi connectivity index (χ4n) is 7.29. The van der Waals surface area contributed by atoms with E-state index in [0.29, 0.717) is 30.2 Å². The number of hydrogen-bond acceptors (Lipinski definition) is 7. The number of imidazole rings is 1. The van der Waals surface area contributed by atoms with Gasteiger partial charge in [0.2, 0.25) is 0 Å². The molecule has 0 aliphatic carbocycles. The smallest absolute Gasteiger partial charge is 0.358 e. The van der Waals surface area contributed by atoms with Crippen LogP contribution in [0.1, 0.15) is 72.2 Å². The average Bonchev–Trinajstić information content (AvgIpc) is 3.87. The van der Waals surface area contributed by atoms with Crippen molar-refractivity contribution in [3.05, 3.63) is 185 Å². The Balaban J connectivity index is 1.31. The second-order valence-corrected chi connectivity index (χ2v) is 13.8. The van der Waals surface area contributed by atoms with Crippen molar-refractivity contribution in [2.75, 3.05) is 11.9 Å². The maximum Gasteiger partial charge on any atom is 0.358 e. The summed E-state index contributed by atoms with van der Waals surface area (Å²) in [7, 11) is 0. The van der Waals surface area contributed by atoms with Gasteiger partial charge in [0, 0.05) is 24.1 Å². The Bertz CT molecular complexity index is 2380. The molecule has 0 fully saturated rings. The van der Waals surface area contributed by atoms with Crippen molar-refractivity contribution in [3.8, 4) is 22.5 Å². The Hall–Kier alpha value is -6.94. The van der Waals surface area contributed by atoms with E-state index in [2.05, 4.69) is 84.7 Å². The van der Waals surface area contributed by atoms with Gasteiger partial charge < -0.3 is 14.6 Å². The molecule has 0 radical (unpaired) electrons. The molecule has 286 valence electrons. The molecule has 10 heteroatoms. The first-order chi connectivity index (χ1) is 27.9. The van der Waals surface area contributed by atoms with E-state index in [1.54, 1.807) is 13.8 Å². The third-order valence-electron chi connectivity index (χ3n) is 10.0. The summed E-state index contributed by atoms with van der Waals surface area (Å²) in [4.78, 5) is 30.8. The number of esters is 1. The lowest BCUT2D eigenvalue weighted by Gasteiger charge is -2.36. The molecule has 0 unspecified atom stereocenters. The summed E-state index contributed by atoms with van der Waals surface area (Å²) >= 11 is 0. The summed E-state index contributed by atoms with van der Waals surface area (Å²) in [5.41, 5.74) is 6.37. The van der Waals surface area contributed by atoms with E-state index in [4.69, 9.17) is 20.0 Å². The molecule has 1 amide bonds. The number of amides is 1. The molecule has 0 aliphatic rings. The van der Waals surface area contributed by atoms with Crippen LogP contribution in [0.4, 0.5) is 5.82 Å². The SMILES string of the molecule is C=C(C)C(=O)Nc1nc(CCCC)n(Cc2ccc(-c3ccccc3-c3nnnn3C(c3ccccc3)(c3ccccc3)c3ccccc3)cc2)c1C(=O)OCC. The van der Waals surface area contributed by atoms with Crippen LogP contribution < -0.4 is 5.32 Å². The van der Waals surface area contributed by atoms with E-state index < -0.39 is 17.4 Å². The highest BCUT2D eigenvalue weighted by Crippen LogP contribution is 2.43. The van der Waals surface area contributed by atoms with Crippen LogP contribution in [0.25, 0.3) is 22.5 Å². The minimum absolute atomic E-state index is 0.174. The quantitative estimate of drug-likeness (QED) is 0.0630. The van der Waals surface area contributed by atoms with E-state index in [-0.39, 0.29) is 18.1 Å². The van der Waals surface area contributed by atoms with Crippen molar-refractivity contribution in [1.82, 2.24) is 29.8 Å². The standard InChI is InChI=1S/C47H45N7O3/c1-5-7-27-41-48-43(49-45(55)33(3)4)42(46(56)57-6-2)53(41)32-34-28-30-35(31-29-34)39-25-17-18-26-40(39)44-50-51-52-54(44)47(36-19-11-8-12-20-36,37-21-13-9-14-22-37)38-23-15-10-16-24-38/h8-26,28-31H,3,5-7,27,32H2,1-2,4H3,(H,49,55). The number of carbonyl (C=O) groups is 2. The van der Waals surface area contributed by atoms with E-state index in [0.717, 1.165) is 51.8 Å². The van der Waals surface area contributed by atoms with Gasteiger partial charge >= 0.3 is 5.97 Å². The number of nitrogens with zero attached hydrogens (tertiary/aromatic N) is 6. The van der Waals surface area contributed by atoms with Crippen molar-refractivity contribution in [2.24, 2.45) is 0 Å². The summed E-state index contributed by atoms with van der Waals surface area (Å²) in [6, 6.07) is 47.4. The molecule has 10 nitrogen and oxygen atoms in total. The lowest BCUT2D eigenvalue weighted by Crippen LogP contribution is -2.39. The second-order valence-electron chi connectivity index (χ2n) is 13.8. The molecule has 1 N–H and O–H groups in total. The summed E-state index contributed by atoms with van der Waals surface area (Å²) < 4.78 is 9.26. The van der Waals surface area contributed by atoms with Gasteiger partial charge in [0.25, 0.3) is 5.91 Å². The van der Waals surface area contributed by atoms with Gasteiger partial charge in [-0.15, -0.1) is 5.10 Å². The summed E-state index contributed by atoms with van der Waals surface area (Å²) in [5.74, 6) is 0.513. The average molecular weight is 756 g/mol. The zero-order valence-corrected chi connectivity index (χ0v) is 32.4. The molecule has 57 heavy (non-hydrogen) atoms. The van der Waals surface area contributed by atoms with Gasteiger partial charge in [-0.05, 0) is 64.1 Å². The molecule has 0 bridgehead atoms. The van der Waals surface area contributed by atoms with Crippen LogP contribution in [-0.2, 0) is 28.0 Å². The first kappa shape index (κ1) is 38.3. The maximum atomic E-state index is 13.4. The summed E-state index contributed by atoms with van der Waals surface area (Å²) in [6.45, 7) is 9.74. The predicted molar refractivity (Wildman–Crippen MR) is 223 cm³/mol. The number of ether oxygens (including phenoxy) is 1. The first-order valence-corrected chi connectivity index (χ1v) is 19.2. The van der Waals surface area contributed by atoms with Gasteiger partial charge in [0.1, 0.15) is 11.4 Å². The number of anilines is 1. The van der Waals surface area contributed by atoms with Gasteiger partial charge in [0.15, 0.2) is 17.3 Å². The zero-order valence-electron chi connectivity index (χ0n) is 32.4. The van der Waals surface area contributed by atoms with Crippen LogP contribution in [0, 0.1) is 0 Å². The van der Waals surface area contributed by atoms with Gasteiger partial charge in [0.05, 0.1) is 6.61 Å². The minimum atomic E-state index is -0.904. The van der Waals surface area contributed by atoms with Crippen LogP contribution in [0.5, 0.6) is 0 Å². The van der Waals surface area contributed by atoms with Gasteiger partial charge in [-0.2, -0.15) is 0 Å². The lowest BCUT2D eigenvalue weighted by atomic mass is 9.77. The Morgan fingerprint density at radius 2 is 1.32 bits per heavy atom. The molecule has 2 heterocycles. The molecular weight excluding hydrogens is 711 g/mol. The van der Waals surface area contributed by atoms with Crippen molar-refractivity contribution in [1.29, 1.82) is 0 Å². The molecule has 0 atom stereocenters. The number of hydrogen-bond donors (Lipinski definition) is 1. The normalized spacial score (nSPS) is 11.3. The van der Waals surface area contributed by atoms with Crippen LogP contribution in [0.2, 0.25) is 0 Å². The van der Waals surface area contributed by atoms with E-state index in [9.17, 15) is 9.59 Å². The number of aromatic nitrogens is 6. The largest absolute Gasteiger partial charge is 0.461 e. The highest BCUT2D eigenvalue weighted by atomic mass is 16.5. The molecule has 2 aromatic heterocycles. The maximum absolute atomic E-state index is 13.4. The second kappa shape index (κ2) is 17.2. The predicted octanol–water partition coefficient (Wildman–Crippen LogP) is 9.13. The number of aryl methyl sites for hydroxylation is 1. The monoisotopic (exact) mass is 755 g/mol. The number of nitrogens with one attached hydrogen (secondary N) is 1. The molecular formula is C47H45N7O3. The molecule has 7 aromatic rings. The molecule has 0 saturated carbocycles. The zero-order chi connectivity index (χ0) is 39.8. The number of carbonyl (C=O) groups excluding carboxylic acids is 2. The number of tetrazole rings is 1. The minimum Gasteiger partial charge on any atom is -0.461 e. The van der Waals surface area contributed by atoms with Crippen LogP contribution in [-0.4, -0.2) is 48.2 Å². The van der Waals surface area contributed by atoms with Crippen molar-refractivity contribution in [2.45, 2.75) is 52.1 Å². The summed E-state index contributed by atoms with van der Waals surface area (Å²) in [5, 5.41) is 16.6. The molecule has 0 aliphatic heterocycles. The van der Waals surface area contributed by atoms with Gasteiger partial charge in [-0.1, -0.05) is 159 Å². The van der Waals surface area contributed by atoms with Crippen LogP contribution in [0.3, 0.4) is 0 Å². The number of unbranched alkanes of at least 4 members (excludes halogenated alkanes) is 1. The van der Waals surface area contributed by atoms with E-state index in [1.165, 1.54) is 0 Å². The number of rotatable bonds is 15. The fourth-order valence-corrected chi connectivity index (χ4v) is 7.29. The van der Waals surface area contributed by atoms with Crippen molar-refractivity contribution in [3.63, 3.8) is 0 Å². The third-order valence-corrected chi connectivity index (χ3v) is 10.0. The Kier molecular flexibility index (Phi) is 11.6.